The van der Waals surface area contributed by atoms with E-state index in [1.807, 2.05) is 25.1 Å². The number of hydrogen-bond donors (Lipinski definition) is 2. The van der Waals surface area contributed by atoms with E-state index in [-0.39, 0.29) is 17.4 Å². The van der Waals surface area contributed by atoms with Crippen LogP contribution >= 0.6 is 11.8 Å². The zero-order valence-electron chi connectivity index (χ0n) is 17.3. The van der Waals surface area contributed by atoms with Gasteiger partial charge < -0.3 is 15.2 Å². The Kier molecular flexibility index (Phi) is 7.05. The second-order valence-corrected chi connectivity index (χ2v) is 7.92. The predicted molar refractivity (Wildman–Crippen MR) is 118 cm³/mol. The monoisotopic (exact) mass is 435 g/mol. The Morgan fingerprint density at radius 3 is 2.55 bits per heavy atom. The Labute approximate surface area is 184 Å². The van der Waals surface area contributed by atoms with Gasteiger partial charge in [0.1, 0.15) is 16.9 Å². The number of benzene rings is 1. The van der Waals surface area contributed by atoms with Crippen molar-refractivity contribution in [2.24, 2.45) is 0 Å². The maximum atomic E-state index is 12.7. The Bertz CT molecular complexity index is 1140. The summed E-state index contributed by atoms with van der Waals surface area (Å²) in [4.78, 5) is 29.7. The number of para-hydroxylation sites is 1. The van der Waals surface area contributed by atoms with E-state index in [1.54, 1.807) is 32.0 Å². The molecule has 158 valence electrons. The number of thioether (sulfide) groups is 1. The van der Waals surface area contributed by atoms with Gasteiger partial charge in [-0.2, -0.15) is 5.26 Å². The van der Waals surface area contributed by atoms with Crippen LogP contribution in [-0.4, -0.2) is 27.2 Å². The first-order valence-electron chi connectivity index (χ1n) is 9.60. The summed E-state index contributed by atoms with van der Waals surface area (Å²) in [5.41, 5.74) is 1.66. The van der Waals surface area contributed by atoms with E-state index in [4.69, 9.17) is 4.52 Å². The molecule has 0 radical (unpaired) electrons. The van der Waals surface area contributed by atoms with Gasteiger partial charge in [0.2, 0.25) is 5.91 Å². The van der Waals surface area contributed by atoms with Crippen LogP contribution in [0, 0.1) is 25.2 Å². The molecule has 1 atom stereocenters. The third kappa shape index (κ3) is 5.49. The molecule has 0 spiro atoms. The molecule has 0 fully saturated rings. The van der Waals surface area contributed by atoms with Crippen LogP contribution < -0.4 is 10.6 Å². The molecule has 3 aromatic rings. The number of rotatable bonds is 7. The molecular weight excluding hydrogens is 414 g/mol. The fourth-order valence-electron chi connectivity index (χ4n) is 2.79. The molecule has 8 nitrogen and oxygen atoms in total. The SMILES string of the molecule is CCC(Sc1nc(C)c(C(=O)Nc2ccccc2)cc1C#N)C(=O)Nc1cc(C)on1. The number of aromatic nitrogens is 2. The quantitative estimate of drug-likeness (QED) is 0.530. The van der Waals surface area contributed by atoms with Crippen LogP contribution in [0.1, 0.15) is 40.7 Å². The van der Waals surface area contributed by atoms with E-state index in [2.05, 4.69) is 26.8 Å². The predicted octanol–water partition coefficient (Wildman–Crippen LogP) is 4.32. The summed E-state index contributed by atoms with van der Waals surface area (Å²) in [6.45, 7) is 5.30. The van der Waals surface area contributed by atoms with Gasteiger partial charge in [-0.1, -0.05) is 42.0 Å². The van der Waals surface area contributed by atoms with Crippen LogP contribution in [0.25, 0.3) is 0 Å². The van der Waals surface area contributed by atoms with Gasteiger partial charge in [0.05, 0.1) is 22.1 Å². The van der Waals surface area contributed by atoms with Crippen molar-refractivity contribution in [3.63, 3.8) is 0 Å². The van der Waals surface area contributed by atoms with Crippen molar-refractivity contribution in [3.8, 4) is 6.07 Å². The van der Waals surface area contributed by atoms with Crippen LogP contribution in [0.5, 0.6) is 0 Å². The second kappa shape index (κ2) is 9.91. The molecule has 3 rings (SSSR count). The Balaban J connectivity index is 1.79. The van der Waals surface area contributed by atoms with Crippen molar-refractivity contribution in [2.45, 2.75) is 37.5 Å². The molecule has 2 amide bonds. The number of nitriles is 1. The van der Waals surface area contributed by atoms with Crippen molar-refractivity contribution >= 4 is 35.1 Å². The molecule has 0 bridgehead atoms. The van der Waals surface area contributed by atoms with E-state index in [9.17, 15) is 14.9 Å². The van der Waals surface area contributed by atoms with Crippen molar-refractivity contribution in [1.29, 1.82) is 5.26 Å². The Morgan fingerprint density at radius 2 is 1.94 bits per heavy atom. The largest absolute Gasteiger partial charge is 0.360 e. The molecule has 1 aromatic carbocycles. The molecule has 2 N–H and O–H groups in total. The number of carbonyl (C=O) groups excluding carboxylic acids is 2. The third-order valence-corrected chi connectivity index (χ3v) is 5.74. The fourth-order valence-corrected chi connectivity index (χ4v) is 3.82. The van der Waals surface area contributed by atoms with Gasteiger partial charge in [-0.3, -0.25) is 9.59 Å². The highest BCUT2D eigenvalue weighted by atomic mass is 32.2. The molecule has 0 aliphatic heterocycles. The molecule has 0 aliphatic carbocycles. The van der Waals surface area contributed by atoms with E-state index in [1.165, 1.54) is 17.8 Å². The maximum absolute atomic E-state index is 12.7. The summed E-state index contributed by atoms with van der Waals surface area (Å²) in [5, 5.41) is 18.8. The number of pyridine rings is 1. The summed E-state index contributed by atoms with van der Waals surface area (Å²) in [6.07, 6.45) is 0.509. The maximum Gasteiger partial charge on any atom is 0.257 e. The standard InChI is InChI=1S/C22H21N5O3S/c1-4-18(21(29)26-19-10-13(2)30-27-19)31-22-15(12-23)11-17(14(3)24-22)20(28)25-16-8-6-5-7-9-16/h5-11,18H,4H2,1-3H3,(H,25,28)(H,26,27,29). The lowest BCUT2D eigenvalue weighted by molar-refractivity contribution is -0.115. The molecule has 2 heterocycles. The second-order valence-electron chi connectivity index (χ2n) is 6.73. The summed E-state index contributed by atoms with van der Waals surface area (Å²) >= 11 is 1.18. The van der Waals surface area contributed by atoms with Crippen molar-refractivity contribution in [3.05, 3.63) is 65.0 Å². The molecule has 31 heavy (non-hydrogen) atoms. The van der Waals surface area contributed by atoms with Gasteiger partial charge in [0, 0.05) is 11.8 Å². The molecule has 9 heteroatoms. The van der Waals surface area contributed by atoms with Crippen molar-refractivity contribution in [2.75, 3.05) is 10.6 Å². The van der Waals surface area contributed by atoms with Crippen molar-refractivity contribution in [1.82, 2.24) is 10.1 Å². The minimum Gasteiger partial charge on any atom is -0.360 e. The van der Waals surface area contributed by atoms with Crippen LogP contribution in [0.2, 0.25) is 0 Å². The number of nitrogens with one attached hydrogen (secondary N) is 2. The first-order valence-corrected chi connectivity index (χ1v) is 10.5. The van der Waals surface area contributed by atoms with Gasteiger partial charge in [-0.05, 0) is 38.5 Å². The zero-order valence-corrected chi connectivity index (χ0v) is 18.1. The van der Waals surface area contributed by atoms with Crippen LogP contribution in [0.4, 0.5) is 11.5 Å². The first-order chi connectivity index (χ1) is 14.9. The minimum atomic E-state index is -0.500. The smallest absolute Gasteiger partial charge is 0.257 e. The zero-order chi connectivity index (χ0) is 22.4. The van der Waals surface area contributed by atoms with Crippen molar-refractivity contribution < 1.29 is 14.1 Å². The number of hydrogen-bond acceptors (Lipinski definition) is 7. The number of aryl methyl sites for hydroxylation is 2. The highest BCUT2D eigenvalue weighted by molar-refractivity contribution is 8.00. The van der Waals surface area contributed by atoms with E-state index < -0.39 is 5.25 Å². The van der Waals surface area contributed by atoms with Gasteiger partial charge in [0.15, 0.2) is 5.82 Å². The van der Waals surface area contributed by atoms with E-state index in [0.29, 0.717) is 40.0 Å². The first kappa shape index (κ1) is 22.1. The summed E-state index contributed by atoms with van der Waals surface area (Å²) < 4.78 is 4.96. The number of anilines is 2. The van der Waals surface area contributed by atoms with Gasteiger partial charge in [-0.25, -0.2) is 4.98 Å². The number of nitrogens with zero attached hydrogens (tertiary/aromatic N) is 3. The van der Waals surface area contributed by atoms with Gasteiger partial charge in [0.25, 0.3) is 5.91 Å². The Morgan fingerprint density at radius 1 is 1.19 bits per heavy atom. The molecule has 0 saturated carbocycles. The van der Waals surface area contributed by atoms with Crippen LogP contribution in [-0.2, 0) is 4.79 Å². The van der Waals surface area contributed by atoms with E-state index >= 15 is 0 Å². The summed E-state index contributed by atoms with van der Waals surface area (Å²) in [6, 6.07) is 14.2. The summed E-state index contributed by atoms with van der Waals surface area (Å²) in [7, 11) is 0. The normalized spacial score (nSPS) is 11.4. The fraction of sp³-hybridized carbons (Fsp3) is 0.227. The molecular formula is C22H21N5O3S. The lowest BCUT2D eigenvalue weighted by Gasteiger charge is -2.15. The third-order valence-electron chi connectivity index (χ3n) is 4.37. The molecule has 2 aromatic heterocycles. The summed E-state index contributed by atoms with van der Waals surface area (Å²) in [5.74, 6) is 0.300. The topological polar surface area (TPSA) is 121 Å². The van der Waals surface area contributed by atoms with E-state index in [0.717, 1.165) is 0 Å². The average Bonchev–Trinajstić information content (AvgIpc) is 3.17. The van der Waals surface area contributed by atoms with Gasteiger partial charge >= 0.3 is 0 Å². The molecule has 0 saturated heterocycles. The minimum absolute atomic E-state index is 0.234. The van der Waals surface area contributed by atoms with Gasteiger partial charge in [-0.15, -0.1) is 0 Å². The van der Waals surface area contributed by atoms with Crippen LogP contribution in [0.3, 0.4) is 0 Å². The molecule has 0 aliphatic rings. The highest BCUT2D eigenvalue weighted by Gasteiger charge is 2.23. The Hall–Kier alpha value is -3.64. The average molecular weight is 436 g/mol. The highest BCUT2D eigenvalue weighted by Crippen LogP contribution is 2.29. The lowest BCUT2D eigenvalue weighted by atomic mass is 10.1. The molecule has 1 unspecified atom stereocenters. The number of carbonyl (C=O) groups is 2. The number of amides is 2. The lowest BCUT2D eigenvalue weighted by Crippen LogP contribution is -2.25. The van der Waals surface area contributed by atoms with Crippen LogP contribution in [0.15, 0.2) is 52.0 Å².